The molecule has 0 saturated heterocycles. The average Bonchev–Trinajstić information content (AvgIpc) is 2.57. The van der Waals surface area contributed by atoms with E-state index in [9.17, 15) is 8.78 Å². The van der Waals surface area contributed by atoms with Crippen LogP contribution in [0.1, 0.15) is 20.8 Å². The highest BCUT2D eigenvalue weighted by atomic mass is 79.9. The summed E-state index contributed by atoms with van der Waals surface area (Å²) in [6.45, 7) is 1.94. The summed E-state index contributed by atoms with van der Waals surface area (Å²) in [5.41, 5.74) is 1.09. The quantitative estimate of drug-likeness (QED) is 0.458. The van der Waals surface area contributed by atoms with Gasteiger partial charge < -0.3 is 0 Å². The number of hydrogen-bond acceptors (Lipinski definition) is 1. The molecule has 0 aliphatic carbocycles. The van der Waals surface area contributed by atoms with Crippen LogP contribution >= 0.6 is 59.1 Å². The summed E-state index contributed by atoms with van der Waals surface area (Å²) in [5, 5.41) is 0. The topological polar surface area (TPSA) is 0 Å². The van der Waals surface area contributed by atoms with Crippen LogP contribution in [0.25, 0.3) is 0 Å². The predicted octanol–water partition coefficient (Wildman–Crippen LogP) is 6.34. The van der Waals surface area contributed by atoms with E-state index >= 15 is 0 Å². The zero-order chi connectivity index (χ0) is 13.4. The number of thiophene rings is 1. The van der Waals surface area contributed by atoms with E-state index in [0.29, 0.717) is 4.47 Å². The van der Waals surface area contributed by atoms with Crippen molar-refractivity contribution in [2.75, 3.05) is 0 Å². The Morgan fingerprint density at radius 1 is 1.11 bits per heavy atom. The number of alkyl halides is 1. The second kappa shape index (κ2) is 5.69. The van der Waals surface area contributed by atoms with Crippen molar-refractivity contribution in [3.8, 4) is 0 Å². The minimum atomic E-state index is -0.564. The molecule has 1 aromatic carbocycles. The molecule has 1 atom stereocenters. The Morgan fingerprint density at radius 3 is 2.11 bits per heavy atom. The number of rotatable bonds is 2. The highest BCUT2D eigenvalue weighted by Crippen LogP contribution is 2.41. The van der Waals surface area contributed by atoms with Gasteiger partial charge in [0.05, 0.1) is 8.61 Å². The van der Waals surface area contributed by atoms with E-state index in [0.717, 1.165) is 14.2 Å². The molecular weight excluding hydrogens is 454 g/mol. The lowest BCUT2D eigenvalue weighted by atomic mass is 10.1. The van der Waals surface area contributed by atoms with Crippen LogP contribution in [0.3, 0.4) is 0 Å². The van der Waals surface area contributed by atoms with Crippen molar-refractivity contribution in [1.82, 2.24) is 0 Å². The fourth-order valence-electron chi connectivity index (χ4n) is 1.55. The minimum absolute atomic E-state index is 0.0342. The molecule has 18 heavy (non-hydrogen) atoms. The van der Waals surface area contributed by atoms with Gasteiger partial charge in [-0.1, -0.05) is 31.9 Å². The lowest BCUT2D eigenvalue weighted by Crippen LogP contribution is -1.99. The molecule has 6 heteroatoms. The summed E-state index contributed by atoms with van der Waals surface area (Å²) in [6, 6.07) is 4.44. The standard InChI is InChI=1S/C12H7Br3F2S/c1-5-2-9(18-12(5)15)11(14)10-7(16)3-6(13)4-8(10)17/h2-4,11H,1H3. The van der Waals surface area contributed by atoms with Crippen molar-refractivity contribution in [1.29, 1.82) is 0 Å². The second-order valence-corrected chi connectivity index (χ2v) is 7.98. The SMILES string of the molecule is Cc1cc(C(Br)c2c(F)cc(Br)cc2F)sc1Br. The van der Waals surface area contributed by atoms with Crippen molar-refractivity contribution in [2.45, 2.75) is 11.8 Å². The molecule has 1 unspecified atom stereocenters. The van der Waals surface area contributed by atoms with Crippen LogP contribution in [0.15, 0.2) is 26.5 Å². The van der Waals surface area contributed by atoms with E-state index in [-0.39, 0.29) is 5.56 Å². The van der Waals surface area contributed by atoms with Crippen LogP contribution < -0.4 is 0 Å². The third-order valence-electron chi connectivity index (χ3n) is 2.42. The zero-order valence-electron chi connectivity index (χ0n) is 9.11. The lowest BCUT2D eigenvalue weighted by Gasteiger charge is -2.11. The van der Waals surface area contributed by atoms with Gasteiger partial charge in [-0.2, -0.15) is 0 Å². The summed E-state index contributed by atoms with van der Waals surface area (Å²) in [4.78, 5) is 0.375. The summed E-state index contributed by atoms with van der Waals surface area (Å²) in [5.74, 6) is -1.13. The molecule has 0 N–H and O–H groups in total. The Hall–Kier alpha value is 0.220. The summed E-state index contributed by atoms with van der Waals surface area (Å²) >= 11 is 11.3. The molecule has 1 aromatic heterocycles. The molecule has 0 spiro atoms. The monoisotopic (exact) mass is 458 g/mol. The van der Waals surface area contributed by atoms with Crippen molar-refractivity contribution in [2.24, 2.45) is 0 Å². The van der Waals surface area contributed by atoms with Crippen molar-refractivity contribution >= 4 is 59.1 Å². The first kappa shape index (κ1) is 14.6. The van der Waals surface area contributed by atoms with Gasteiger partial charge in [-0.05, 0) is 46.6 Å². The molecular formula is C12H7Br3F2S. The maximum atomic E-state index is 13.8. The molecule has 1 heterocycles. The van der Waals surface area contributed by atoms with Crippen LogP contribution in [0.5, 0.6) is 0 Å². The molecule has 0 aliphatic heterocycles. The fourth-order valence-corrected chi connectivity index (χ4v) is 4.36. The molecule has 0 nitrogen and oxygen atoms in total. The summed E-state index contributed by atoms with van der Waals surface area (Å²) in [7, 11) is 0. The van der Waals surface area contributed by atoms with E-state index in [2.05, 4.69) is 47.8 Å². The van der Waals surface area contributed by atoms with Crippen molar-refractivity contribution in [3.63, 3.8) is 0 Å². The van der Waals surface area contributed by atoms with E-state index < -0.39 is 16.5 Å². The summed E-state index contributed by atoms with van der Waals surface area (Å²) < 4.78 is 29.1. The summed E-state index contributed by atoms with van der Waals surface area (Å²) in [6.07, 6.45) is 0. The van der Waals surface area contributed by atoms with E-state index in [1.807, 2.05) is 13.0 Å². The molecule has 0 aliphatic rings. The molecule has 2 aromatic rings. The van der Waals surface area contributed by atoms with Gasteiger partial charge in [-0.3, -0.25) is 0 Å². The Morgan fingerprint density at radius 2 is 1.67 bits per heavy atom. The van der Waals surface area contributed by atoms with Gasteiger partial charge in [0, 0.05) is 14.9 Å². The first-order valence-corrected chi connectivity index (χ1v) is 8.26. The largest absolute Gasteiger partial charge is 0.206 e. The van der Waals surface area contributed by atoms with Crippen LogP contribution in [-0.2, 0) is 0 Å². The van der Waals surface area contributed by atoms with Gasteiger partial charge in [0.1, 0.15) is 11.6 Å². The molecule has 0 saturated carbocycles. The lowest BCUT2D eigenvalue weighted by molar-refractivity contribution is 0.560. The third kappa shape index (κ3) is 2.86. The number of aryl methyl sites for hydroxylation is 1. The maximum absolute atomic E-state index is 13.8. The Balaban J connectivity index is 2.49. The smallest absolute Gasteiger partial charge is 0.131 e. The van der Waals surface area contributed by atoms with Crippen LogP contribution in [0, 0.1) is 18.6 Å². The van der Waals surface area contributed by atoms with Gasteiger partial charge in [0.25, 0.3) is 0 Å². The van der Waals surface area contributed by atoms with Gasteiger partial charge in [0.15, 0.2) is 0 Å². The third-order valence-corrected chi connectivity index (χ3v) is 6.34. The first-order valence-electron chi connectivity index (χ1n) is 4.94. The van der Waals surface area contributed by atoms with E-state index in [1.165, 1.54) is 23.5 Å². The predicted molar refractivity (Wildman–Crippen MR) is 81.6 cm³/mol. The van der Waals surface area contributed by atoms with Crippen molar-refractivity contribution in [3.05, 3.63) is 54.1 Å². The molecule has 0 bridgehead atoms. The number of benzene rings is 1. The Labute approximate surface area is 133 Å². The molecule has 0 amide bonds. The zero-order valence-corrected chi connectivity index (χ0v) is 14.7. The Bertz CT molecular complexity index is 552. The normalized spacial score (nSPS) is 12.8. The van der Waals surface area contributed by atoms with Gasteiger partial charge >= 0.3 is 0 Å². The van der Waals surface area contributed by atoms with Crippen molar-refractivity contribution < 1.29 is 8.78 Å². The fraction of sp³-hybridized carbons (Fsp3) is 0.167. The molecule has 0 radical (unpaired) electrons. The number of hydrogen-bond donors (Lipinski definition) is 0. The van der Waals surface area contributed by atoms with Crippen LogP contribution in [0.4, 0.5) is 8.78 Å². The molecule has 96 valence electrons. The molecule has 0 fully saturated rings. The van der Waals surface area contributed by atoms with E-state index in [4.69, 9.17) is 0 Å². The second-order valence-electron chi connectivity index (χ2n) is 3.75. The first-order chi connectivity index (χ1) is 8.40. The highest BCUT2D eigenvalue weighted by molar-refractivity contribution is 9.11. The van der Waals surface area contributed by atoms with Gasteiger partial charge in [-0.25, -0.2) is 8.78 Å². The number of halogens is 5. The van der Waals surface area contributed by atoms with Crippen LogP contribution in [-0.4, -0.2) is 0 Å². The van der Waals surface area contributed by atoms with Gasteiger partial charge in [0.2, 0.25) is 0 Å². The van der Waals surface area contributed by atoms with Gasteiger partial charge in [-0.15, -0.1) is 11.3 Å². The highest BCUT2D eigenvalue weighted by Gasteiger charge is 2.22. The average molecular weight is 461 g/mol. The van der Waals surface area contributed by atoms with E-state index in [1.54, 1.807) is 0 Å². The molecule has 2 rings (SSSR count). The Kier molecular flexibility index (Phi) is 4.62. The maximum Gasteiger partial charge on any atom is 0.131 e. The minimum Gasteiger partial charge on any atom is -0.206 e. The van der Waals surface area contributed by atoms with Crippen LogP contribution in [0.2, 0.25) is 0 Å².